The Kier molecular flexibility index (Phi) is 19.6. The van der Waals surface area contributed by atoms with Crippen LogP contribution in [-0.2, 0) is 30.6 Å². The predicted molar refractivity (Wildman–Crippen MR) is 126 cm³/mol. The van der Waals surface area contributed by atoms with Crippen LogP contribution in [-0.4, -0.2) is 42.2 Å². The summed E-state index contributed by atoms with van der Waals surface area (Å²) >= 11 is 4.38. The van der Waals surface area contributed by atoms with E-state index in [0.717, 1.165) is 44.9 Å². The molecule has 0 aliphatic heterocycles. The smallest absolute Gasteiger partial charge is 0.322 e. The van der Waals surface area contributed by atoms with Crippen LogP contribution in [0.5, 0.6) is 0 Å². The standard InChI is InChI=1S/C22H39O6PS/c1-3-4-5-6-7-8-9-10-11-12-13-14-15-16-17-18-22(23)28-21(19-26-2)20-27-29(24,25)30/h6-11,21H,3-5,12-20H2,1-2H3,(H2,24,25,30)/b7-6+,9-8+,11-10+. The van der Waals surface area contributed by atoms with E-state index in [2.05, 4.69) is 55.2 Å². The van der Waals surface area contributed by atoms with Crippen molar-refractivity contribution >= 4 is 24.5 Å². The lowest BCUT2D eigenvalue weighted by Crippen LogP contribution is -2.27. The van der Waals surface area contributed by atoms with E-state index in [1.165, 1.54) is 20.0 Å². The van der Waals surface area contributed by atoms with Crippen molar-refractivity contribution in [1.82, 2.24) is 0 Å². The second-order valence-electron chi connectivity index (χ2n) is 7.04. The van der Waals surface area contributed by atoms with E-state index in [-0.39, 0.29) is 19.2 Å². The van der Waals surface area contributed by atoms with Crippen LogP contribution in [0.3, 0.4) is 0 Å². The van der Waals surface area contributed by atoms with Gasteiger partial charge in [-0.05, 0) is 37.5 Å². The molecule has 1 atom stereocenters. The van der Waals surface area contributed by atoms with Gasteiger partial charge in [-0.25, -0.2) is 0 Å². The molecular formula is C22H39O6PS. The summed E-state index contributed by atoms with van der Waals surface area (Å²) in [4.78, 5) is 30.1. The second-order valence-corrected chi connectivity index (χ2v) is 9.71. The van der Waals surface area contributed by atoms with Crippen molar-refractivity contribution in [2.24, 2.45) is 0 Å². The average molecular weight is 463 g/mol. The fraction of sp³-hybridized carbons (Fsp3) is 0.682. The van der Waals surface area contributed by atoms with Crippen LogP contribution >= 0.6 is 6.72 Å². The Bertz CT molecular complexity index is 556. The Labute approximate surface area is 187 Å². The highest BCUT2D eigenvalue weighted by Crippen LogP contribution is 2.36. The number of ether oxygens (including phenoxy) is 2. The Morgan fingerprint density at radius 3 is 2.13 bits per heavy atom. The second kappa shape index (κ2) is 20.1. The van der Waals surface area contributed by atoms with Crippen molar-refractivity contribution in [3.05, 3.63) is 36.5 Å². The first-order valence-electron chi connectivity index (χ1n) is 10.8. The third kappa shape index (κ3) is 21.9. The molecule has 8 heteroatoms. The molecule has 174 valence electrons. The highest BCUT2D eigenvalue weighted by molar-refractivity contribution is 8.06. The third-order valence-corrected chi connectivity index (χ3v) is 4.96. The van der Waals surface area contributed by atoms with Gasteiger partial charge >= 0.3 is 12.7 Å². The van der Waals surface area contributed by atoms with E-state index in [1.807, 2.05) is 0 Å². The zero-order valence-electron chi connectivity index (χ0n) is 18.4. The van der Waals surface area contributed by atoms with Crippen LogP contribution < -0.4 is 0 Å². The van der Waals surface area contributed by atoms with E-state index in [9.17, 15) is 4.79 Å². The zero-order chi connectivity index (χ0) is 22.5. The molecule has 0 rings (SSSR count). The van der Waals surface area contributed by atoms with Gasteiger partial charge in [0, 0.05) is 13.5 Å². The quantitative estimate of drug-likeness (QED) is 0.116. The summed E-state index contributed by atoms with van der Waals surface area (Å²) in [5.74, 6) is -0.344. The molecule has 0 saturated carbocycles. The number of hydrogen-bond acceptors (Lipinski definition) is 5. The molecule has 0 aliphatic carbocycles. The molecule has 0 bridgehead atoms. The maximum absolute atomic E-state index is 11.9. The molecule has 0 saturated heterocycles. The monoisotopic (exact) mass is 462 g/mol. The van der Waals surface area contributed by atoms with Crippen LogP contribution in [0.25, 0.3) is 0 Å². The first-order chi connectivity index (χ1) is 14.4. The molecule has 1 unspecified atom stereocenters. The number of esters is 1. The lowest BCUT2D eigenvalue weighted by molar-refractivity contribution is -0.153. The van der Waals surface area contributed by atoms with E-state index in [1.54, 1.807) is 0 Å². The average Bonchev–Trinajstić information content (AvgIpc) is 2.68. The largest absolute Gasteiger partial charge is 0.457 e. The van der Waals surface area contributed by atoms with E-state index >= 15 is 0 Å². The Hall–Kier alpha value is -0.820. The van der Waals surface area contributed by atoms with Gasteiger partial charge < -0.3 is 23.8 Å². The van der Waals surface area contributed by atoms with E-state index in [0.29, 0.717) is 6.42 Å². The lowest BCUT2D eigenvalue weighted by Gasteiger charge is -2.18. The highest BCUT2D eigenvalue weighted by Gasteiger charge is 2.18. The van der Waals surface area contributed by atoms with Crippen molar-refractivity contribution in [1.29, 1.82) is 0 Å². The number of carbonyl (C=O) groups is 1. The summed E-state index contributed by atoms with van der Waals surface area (Å²) in [5, 5.41) is 0. The van der Waals surface area contributed by atoms with E-state index in [4.69, 9.17) is 23.8 Å². The summed E-state index contributed by atoms with van der Waals surface area (Å²) in [6, 6.07) is 0. The summed E-state index contributed by atoms with van der Waals surface area (Å²) in [6.07, 6.45) is 22.1. The van der Waals surface area contributed by atoms with Gasteiger partial charge in [0.25, 0.3) is 0 Å². The maximum atomic E-state index is 11.9. The molecule has 30 heavy (non-hydrogen) atoms. The minimum Gasteiger partial charge on any atom is -0.457 e. The minimum absolute atomic E-state index is 0.110. The molecule has 0 radical (unpaired) electrons. The molecule has 0 fully saturated rings. The molecule has 0 aromatic carbocycles. The van der Waals surface area contributed by atoms with Gasteiger partial charge in [0.2, 0.25) is 0 Å². The van der Waals surface area contributed by atoms with Crippen LogP contribution in [0, 0.1) is 0 Å². The number of hydrogen-bond donors (Lipinski definition) is 2. The lowest BCUT2D eigenvalue weighted by atomic mass is 10.1. The van der Waals surface area contributed by atoms with Crippen LogP contribution in [0.1, 0.15) is 71.1 Å². The normalized spacial score (nSPS) is 13.6. The van der Waals surface area contributed by atoms with Gasteiger partial charge in [0.15, 0.2) is 0 Å². The zero-order valence-corrected chi connectivity index (χ0v) is 20.1. The minimum atomic E-state index is -3.77. The predicted octanol–water partition coefficient (Wildman–Crippen LogP) is 5.36. The number of methoxy groups -OCH3 is 1. The van der Waals surface area contributed by atoms with Crippen molar-refractivity contribution in [3.8, 4) is 0 Å². The number of rotatable bonds is 19. The molecular weight excluding hydrogens is 423 g/mol. The van der Waals surface area contributed by atoms with E-state index < -0.39 is 12.8 Å². The topological polar surface area (TPSA) is 85.2 Å². The third-order valence-electron chi connectivity index (χ3n) is 4.16. The molecule has 2 N–H and O–H groups in total. The summed E-state index contributed by atoms with van der Waals surface area (Å²) in [7, 11) is 1.46. The van der Waals surface area contributed by atoms with Gasteiger partial charge in [-0.3, -0.25) is 4.79 Å². The maximum Gasteiger partial charge on any atom is 0.322 e. The molecule has 0 spiro atoms. The first kappa shape index (κ1) is 29.2. The van der Waals surface area contributed by atoms with Crippen molar-refractivity contribution in [2.45, 2.75) is 77.2 Å². The molecule has 0 aromatic rings. The molecule has 0 amide bonds. The van der Waals surface area contributed by atoms with Crippen LogP contribution in [0.15, 0.2) is 36.5 Å². The van der Waals surface area contributed by atoms with Gasteiger partial charge in [-0.1, -0.05) is 75.5 Å². The van der Waals surface area contributed by atoms with Crippen molar-refractivity contribution < 1.29 is 28.6 Å². The number of carbonyl (C=O) groups excluding carboxylic acids is 1. The van der Waals surface area contributed by atoms with Crippen molar-refractivity contribution in [2.75, 3.05) is 20.3 Å². The highest BCUT2D eigenvalue weighted by atomic mass is 32.5. The Morgan fingerprint density at radius 1 is 0.933 bits per heavy atom. The van der Waals surface area contributed by atoms with Crippen LogP contribution in [0.4, 0.5) is 0 Å². The first-order valence-corrected chi connectivity index (χ1v) is 13.4. The Balaban J connectivity index is 3.71. The SMILES string of the molecule is CCCC/C=C/C=C/C=C/CCCCCCCC(=O)OC(COC)COP(O)(O)=S. The molecule has 0 aliphatic rings. The number of allylic oxidation sites excluding steroid dienone is 6. The summed E-state index contributed by atoms with van der Waals surface area (Å²) in [5.41, 5.74) is 0. The van der Waals surface area contributed by atoms with Gasteiger partial charge in [-0.15, -0.1) is 0 Å². The molecule has 0 aromatic heterocycles. The Morgan fingerprint density at radius 2 is 1.53 bits per heavy atom. The van der Waals surface area contributed by atoms with Crippen LogP contribution in [0.2, 0.25) is 0 Å². The summed E-state index contributed by atoms with van der Waals surface area (Å²) < 4.78 is 14.9. The van der Waals surface area contributed by atoms with Crippen molar-refractivity contribution in [3.63, 3.8) is 0 Å². The molecule has 0 heterocycles. The fourth-order valence-electron chi connectivity index (χ4n) is 2.59. The van der Waals surface area contributed by atoms with Gasteiger partial charge in [0.1, 0.15) is 6.10 Å². The summed E-state index contributed by atoms with van der Waals surface area (Å²) in [6.45, 7) is -1.65. The fourth-order valence-corrected chi connectivity index (χ4v) is 3.13. The number of unbranched alkanes of at least 4 members (excludes halogenated alkanes) is 7. The van der Waals surface area contributed by atoms with Gasteiger partial charge in [0.05, 0.1) is 13.2 Å². The molecule has 6 nitrogen and oxygen atoms in total. The van der Waals surface area contributed by atoms with Gasteiger partial charge in [-0.2, -0.15) is 0 Å².